The number of rotatable bonds is 3. The first kappa shape index (κ1) is 15.6. The highest BCUT2D eigenvalue weighted by Gasteiger charge is 2.44. The predicted octanol–water partition coefficient (Wildman–Crippen LogP) is 3.20. The lowest BCUT2D eigenvalue weighted by Crippen LogP contribution is -2.38. The number of benzene rings is 1. The summed E-state index contributed by atoms with van der Waals surface area (Å²) in [5.74, 6) is -1.45. The molecule has 1 aliphatic rings. The number of nitrogens with zero attached hydrogens (tertiary/aromatic N) is 1. The summed E-state index contributed by atoms with van der Waals surface area (Å²) >= 11 is 5.65. The van der Waals surface area contributed by atoms with Gasteiger partial charge in [-0.3, -0.25) is 4.79 Å². The zero-order valence-electron chi connectivity index (χ0n) is 11.5. The predicted molar refractivity (Wildman–Crippen MR) is 77.0 cm³/mol. The van der Waals surface area contributed by atoms with Crippen LogP contribution in [-0.2, 0) is 4.79 Å². The van der Waals surface area contributed by atoms with Crippen molar-refractivity contribution in [1.82, 2.24) is 4.90 Å². The van der Waals surface area contributed by atoms with Crippen molar-refractivity contribution in [2.75, 3.05) is 18.4 Å². The van der Waals surface area contributed by atoms with Crippen LogP contribution in [0.3, 0.4) is 0 Å². The molecule has 2 rings (SSSR count). The standard InChI is InChI=1S/C14H16ClFN2O3/c1-2-14(12(19)20)5-6-18(8-14)13(21)17-9-3-4-11(16)10(15)7-9/h3-4,7H,2,5-6,8H2,1H3,(H,17,21)(H,19,20). The van der Waals surface area contributed by atoms with Crippen LogP contribution in [0, 0.1) is 11.2 Å². The number of amides is 2. The van der Waals surface area contributed by atoms with Gasteiger partial charge in [0.25, 0.3) is 0 Å². The number of aliphatic carboxylic acids is 1. The number of carbonyl (C=O) groups excluding carboxylic acids is 1. The Morgan fingerprint density at radius 1 is 1.52 bits per heavy atom. The lowest BCUT2D eigenvalue weighted by molar-refractivity contribution is -0.148. The number of carboxylic acids is 1. The van der Waals surface area contributed by atoms with Gasteiger partial charge in [-0.1, -0.05) is 18.5 Å². The van der Waals surface area contributed by atoms with Gasteiger partial charge in [-0.15, -0.1) is 0 Å². The lowest BCUT2D eigenvalue weighted by atomic mass is 9.84. The number of carboxylic acid groups (broad SMARTS) is 1. The molecule has 1 aliphatic heterocycles. The molecule has 1 aromatic rings. The molecule has 1 heterocycles. The molecular weight excluding hydrogens is 299 g/mol. The number of nitrogens with one attached hydrogen (secondary N) is 1. The molecular formula is C14H16ClFN2O3. The summed E-state index contributed by atoms with van der Waals surface area (Å²) < 4.78 is 13.1. The van der Waals surface area contributed by atoms with Gasteiger partial charge < -0.3 is 15.3 Å². The van der Waals surface area contributed by atoms with Crippen molar-refractivity contribution in [3.8, 4) is 0 Å². The average molecular weight is 315 g/mol. The van der Waals surface area contributed by atoms with E-state index in [1.807, 2.05) is 0 Å². The highest BCUT2D eigenvalue weighted by Crippen LogP contribution is 2.34. The van der Waals surface area contributed by atoms with Crippen molar-refractivity contribution in [2.24, 2.45) is 5.41 Å². The van der Waals surface area contributed by atoms with E-state index in [2.05, 4.69) is 5.32 Å². The van der Waals surface area contributed by atoms with Gasteiger partial charge in [-0.2, -0.15) is 0 Å². The van der Waals surface area contributed by atoms with Gasteiger partial charge >= 0.3 is 12.0 Å². The van der Waals surface area contributed by atoms with Crippen LogP contribution in [-0.4, -0.2) is 35.1 Å². The van der Waals surface area contributed by atoms with Gasteiger partial charge in [0.15, 0.2) is 0 Å². The van der Waals surface area contributed by atoms with Crippen LogP contribution in [0.25, 0.3) is 0 Å². The van der Waals surface area contributed by atoms with Gasteiger partial charge in [0, 0.05) is 18.8 Å². The van der Waals surface area contributed by atoms with Crippen LogP contribution >= 0.6 is 11.6 Å². The fourth-order valence-electron chi connectivity index (χ4n) is 2.44. The third kappa shape index (κ3) is 3.10. The monoisotopic (exact) mass is 314 g/mol. The van der Waals surface area contributed by atoms with Gasteiger partial charge in [-0.25, -0.2) is 9.18 Å². The van der Waals surface area contributed by atoms with E-state index in [0.717, 1.165) is 6.07 Å². The van der Waals surface area contributed by atoms with E-state index in [0.29, 0.717) is 25.1 Å². The Morgan fingerprint density at radius 2 is 2.24 bits per heavy atom. The van der Waals surface area contributed by atoms with Gasteiger partial charge in [-0.05, 0) is 31.0 Å². The van der Waals surface area contributed by atoms with Crippen molar-refractivity contribution in [3.63, 3.8) is 0 Å². The van der Waals surface area contributed by atoms with Crippen LogP contribution in [0.5, 0.6) is 0 Å². The maximum absolute atomic E-state index is 13.1. The van der Waals surface area contributed by atoms with Crippen molar-refractivity contribution in [2.45, 2.75) is 19.8 Å². The molecule has 21 heavy (non-hydrogen) atoms. The molecule has 7 heteroatoms. The SMILES string of the molecule is CCC1(C(=O)O)CCN(C(=O)Nc2ccc(F)c(Cl)c2)C1. The van der Waals surface area contributed by atoms with E-state index in [-0.39, 0.29) is 11.6 Å². The summed E-state index contributed by atoms with van der Waals surface area (Å²) in [6.45, 7) is 2.34. The van der Waals surface area contributed by atoms with Gasteiger partial charge in [0.1, 0.15) is 5.82 Å². The minimum absolute atomic E-state index is 0.0809. The van der Waals surface area contributed by atoms with Crippen LogP contribution < -0.4 is 5.32 Å². The van der Waals surface area contributed by atoms with E-state index in [1.54, 1.807) is 6.92 Å². The van der Waals surface area contributed by atoms with Crippen LogP contribution in [0.2, 0.25) is 5.02 Å². The molecule has 0 spiro atoms. The van der Waals surface area contributed by atoms with E-state index < -0.39 is 23.2 Å². The molecule has 2 N–H and O–H groups in total. The highest BCUT2D eigenvalue weighted by molar-refractivity contribution is 6.31. The van der Waals surface area contributed by atoms with Crippen molar-refractivity contribution < 1.29 is 19.1 Å². The van der Waals surface area contributed by atoms with E-state index >= 15 is 0 Å². The topological polar surface area (TPSA) is 69.6 Å². The Morgan fingerprint density at radius 3 is 2.76 bits per heavy atom. The Bertz CT molecular complexity index is 581. The zero-order chi connectivity index (χ0) is 15.6. The molecule has 0 aromatic heterocycles. The van der Waals surface area contributed by atoms with Gasteiger partial charge in [0.05, 0.1) is 10.4 Å². The van der Waals surface area contributed by atoms with Crippen molar-refractivity contribution in [3.05, 3.63) is 29.0 Å². The first-order valence-corrected chi connectivity index (χ1v) is 7.00. The number of anilines is 1. The lowest BCUT2D eigenvalue weighted by Gasteiger charge is -2.23. The van der Waals surface area contributed by atoms with Crippen LogP contribution in [0.15, 0.2) is 18.2 Å². The summed E-state index contributed by atoms with van der Waals surface area (Å²) in [6.07, 6.45) is 0.894. The molecule has 5 nitrogen and oxygen atoms in total. The Kier molecular flexibility index (Phi) is 4.37. The molecule has 114 valence electrons. The number of urea groups is 1. The average Bonchev–Trinajstić information content (AvgIpc) is 2.89. The maximum Gasteiger partial charge on any atom is 0.321 e. The number of halogens is 2. The summed E-state index contributed by atoms with van der Waals surface area (Å²) in [5, 5.41) is 11.8. The summed E-state index contributed by atoms with van der Waals surface area (Å²) in [5.41, 5.74) is -0.506. The van der Waals surface area contributed by atoms with Gasteiger partial charge in [0.2, 0.25) is 0 Å². The first-order chi connectivity index (χ1) is 9.88. The van der Waals surface area contributed by atoms with E-state index in [9.17, 15) is 19.1 Å². The quantitative estimate of drug-likeness (QED) is 0.900. The molecule has 1 atom stereocenters. The molecule has 1 saturated heterocycles. The second-order valence-corrected chi connectivity index (χ2v) is 5.58. The zero-order valence-corrected chi connectivity index (χ0v) is 12.3. The largest absolute Gasteiger partial charge is 0.481 e. The normalized spacial score (nSPS) is 21.4. The second kappa shape index (κ2) is 5.89. The number of carbonyl (C=O) groups is 2. The highest BCUT2D eigenvalue weighted by atomic mass is 35.5. The Labute approximate surface area is 126 Å². The minimum atomic E-state index is -0.884. The molecule has 0 bridgehead atoms. The third-order valence-electron chi connectivity index (χ3n) is 3.94. The summed E-state index contributed by atoms with van der Waals surface area (Å²) in [6, 6.07) is 3.47. The Hall–Kier alpha value is -1.82. The fourth-order valence-corrected chi connectivity index (χ4v) is 2.62. The molecule has 1 fully saturated rings. The van der Waals surface area contributed by atoms with E-state index in [1.165, 1.54) is 17.0 Å². The van der Waals surface area contributed by atoms with Crippen molar-refractivity contribution in [1.29, 1.82) is 0 Å². The fraction of sp³-hybridized carbons (Fsp3) is 0.429. The van der Waals surface area contributed by atoms with Crippen LogP contribution in [0.1, 0.15) is 19.8 Å². The summed E-state index contributed by atoms with van der Waals surface area (Å²) in [7, 11) is 0. The maximum atomic E-state index is 13.1. The van der Waals surface area contributed by atoms with Crippen molar-refractivity contribution >= 4 is 29.3 Å². The third-order valence-corrected chi connectivity index (χ3v) is 4.23. The molecule has 0 aliphatic carbocycles. The Balaban J connectivity index is 2.05. The molecule has 1 aromatic carbocycles. The molecule has 2 amide bonds. The first-order valence-electron chi connectivity index (χ1n) is 6.62. The van der Waals surface area contributed by atoms with Crippen LogP contribution in [0.4, 0.5) is 14.9 Å². The molecule has 0 saturated carbocycles. The molecule has 1 unspecified atom stereocenters. The molecule has 0 radical (unpaired) electrons. The number of likely N-dealkylation sites (tertiary alicyclic amines) is 1. The smallest absolute Gasteiger partial charge is 0.321 e. The second-order valence-electron chi connectivity index (χ2n) is 5.17. The van der Waals surface area contributed by atoms with E-state index in [4.69, 9.17) is 11.6 Å². The number of hydrogen-bond donors (Lipinski definition) is 2. The number of hydrogen-bond acceptors (Lipinski definition) is 2. The summed E-state index contributed by atoms with van der Waals surface area (Å²) in [4.78, 5) is 24.9. The minimum Gasteiger partial charge on any atom is -0.481 e.